The SMILES string of the molecule is CC1CC(N(C)C(=O)C2CNC2)CCN1Cc1ccccc1.Cl. The zero-order valence-electron chi connectivity index (χ0n) is 14.1. The molecule has 1 amide bonds. The first kappa shape index (κ1) is 18.2. The third-order valence-corrected chi connectivity index (χ3v) is 5.24. The van der Waals surface area contributed by atoms with Gasteiger partial charge in [-0.1, -0.05) is 30.3 Å². The molecule has 2 aliphatic rings. The van der Waals surface area contributed by atoms with Crippen LogP contribution in [0.4, 0.5) is 0 Å². The van der Waals surface area contributed by atoms with E-state index in [-0.39, 0.29) is 18.3 Å². The van der Waals surface area contributed by atoms with Crippen LogP contribution in [0.25, 0.3) is 0 Å². The van der Waals surface area contributed by atoms with Gasteiger partial charge in [0.05, 0.1) is 5.92 Å². The number of amides is 1. The second kappa shape index (κ2) is 8.13. The van der Waals surface area contributed by atoms with Crippen molar-refractivity contribution < 1.29 is 4.79 Å². The minimum absolute atomic E-state index is 0. The van der Waals surface area contributed by atoms with E-state index in [1.54, 1.807) is 0 Å². The molecule has 2 atom stereocenters. The molecule has 3 rings (SSSR count). The standard InChI is InChI=1S/C18H27N3O.ClH/c1-14-10-17(20(2)18(22)16-11-19-12-16)8-9-21(14)13-15-6-4-3-5-7-15;/h3-7,14,16-17,19H,8-13H2,1-2H3;1H. The summed E-state index contributed by atoms with van der Waals surface area (Å²) in [6.45, 7) is 6.08. The molecule has 2 saturated heterocycles. The maximum atomic E-state index is 12.4. The number of halogens is 1. The Morgan fingerprint density at radius 1 is 1.30 bits per heavy atom. The molecule has 23 heavy (non-hydrogen) atoms. The van der Waals surface area contributed by atoms with E-state index in [1.807, 2.05) is 11.9 Å². The van der Waals surface area contributed by atoms with Gasteiger partial charge in [-0.3, -0.25) is 9.69 Å². The first-order valence-electron chi connectivity index (χ1n) is 8.40. The van der Waals surface area contributed by atoms with E-state index in [9.17, 15) is 4.79 Å². The summed E-state index contributed by atoms with van der Waals surface area (Å²) in [5.74, 6) is 0.537. The Morgan fingerprint density at radius 2 is 2.00 bits per heavy atom. The number of carbonyl (C=O) groups is 1. The molecule has 5 heteroatoms. The van der Waals surface area contributed by atoms with E-state index < -0.39 is 0 Å². The third kappa shape index (κ3) is 4.25. The van der Waals surface area contributed by atoms with Crippen molar-refractivity contribution in [1.82, 2.24) is 15.1 Å². The zero-order valence-corrected chi connectivity index (χ0v) is 14.9. The predicted octanol–water partition coefficient (Wildman–Crippen LogP) is 2.14. The van der Waals surface area contributed by atoms with Crippen molar-refractivity contribution in [3.63, 3.8) is 0 Å². The van der Waals surface area contributed by atoms with Gasteiger partial charge in [0, 0.05) is 45.3 Å². The molecule has 1 aromatic carbocycles. The molecule has 0 spiro atoms. The number of nitrogens with one attached hydrogen (secondary N) is 1. The number of piperidine rings is 1. The Kier molecular flexibility index (Phi) is 6.45. The number of nitrogens with zero attached hydrogens (tertiary/aromatic N) is 2. The number of benzene rings is 1. The summed E-state index contributed by atoms with van der Waals surface area (Å²) in [6.07, 6.45) is 2.16. The minimum Gasteiger partial charge on any atom is -0.342 e. The molecular weight excluding hydrogens is 310 g/mol. The van der Waals surface area contributed by atoms with E-state index in [4.69, 9.17) is 0 Å². The molecule has 2 fully saturated rings. The van der Waals surface area contributed by atoms with Gasteiger partial charge in [-0.25, -0.2) is 0 Å². The highest BCUT2D eigenvalue weighted by molar-refractivity contribution is 5.85. The summed E-state index contributed by atoms with van der Waals surface area (Å²) in [6, 6.07) is 11.6. The lowest BCUT2D eigenvalue weighted by Gasteiger charge is -2.42. The van der Waals surface area contributed by atoms with Gasteiger partial charge < -0.3 is 10.2 Å². The molecular formula is C18H28ClN3O. The maximum Gasteiger partial charge on any atom is 0.228 e. The first-order chi connectivity index (χ1) is 10.6. The first-order valence-corrected chi connectivity index (χ1v) is 8.40. The lowest BCUT2D eigenvalue weighted by molar-refractivity contribution is -0.139. The molecule has 2 heterocycles. The third-order valence-electron chi connectivity index (χ3n) is 5.24. The highest BCUT2D eigenvalue weighted by atomic mass is 35.5. The number of hydrogen-bond acceptors (Lipinski definition) is 3. The summed E-state index contributed by atoms with van der Waals surface area (Å²) < 4.78 is 0. The fourth-order valence-electron chi connectivity index (χ4n) is 3.53. The topological polar surface area (TPSA) is 35.6 Å². The van der Waals surface area contributed by atoms with Crippen LogP contribution < -0.4 is 5.32 Å². The largest absolute Gasteiger partial charge is 0.342 e. The van der Waals surface area contributed by atoms with Crippen LogP contribution in [0.3, 0.4) is 0 Å². The Balaban J connectivity index is 0.00000192. The van der Waals surface area contributed by atoms with Crippen molar-refractivity contribution >= 4 is 18.3 Å². The van der Waals surface area contributed by atoms with Crippen LogP contribution in [0, 0.1) is 5.92 Å². The quantitative estimate of drug-likeness (QED) is 0.914. The van der Waals surface area contributed by atoms with E-state index in [2.05, 4.69) is 47.5 Å². The Hall–Kier alpha value is -1.10. The van der Waals surface area contributed by atoms with Gasteiger partial charge >= 0.3 is 0 Å². The van der Waals surface area contributed by atoms with Crippen LogP contribution in [0.2, 0.25) is 0 Å². The average Bonchev–Trinajstić information content (AvgIpc) is 2.48. The van der Waals surface area contributed by atoms with Gasteiger partial charge in [0.25, 0.3) is 0 Å². The summed E-state index contributed by atoms with van der Waals surface area (Å²) in [5, 5.41) is 3.19. The Morgan fingerprint density at radius 3 is 2.57 bits per heavy atom. The average molecular weight is 338 g/mol. The van der Waals surface area contributed by atoms with Crippen molar-refractivity contribution in [2.24, 2.45) is 5.92 Å². The van der Waals surface area contributed by atoms with Gasteiger partial charge in [-0.15, -0.1) is 12.4 Å². The number of carbonyl (C=O) groups excluding carboxylic acids is 1. The van der Waals surface area contributed by atoms with E-state index in [0.29, 0.717) is 18.0 Å². The zero-order chi connectivity index (χ0) is 15.5. The Bertz CT molecular complexity index is 506. The molecule has 0 radical (unpaired) electrons. The van der Waals surface area contributed by atoms with Crippen molar-refractivity contribution in [2.45, 2.75) is 38.4 Å². The predicted molar refractivity (Wildman–Crippen MR) is 95.7 cm³/mol. The van der Waals surface area contributed by atoms with Gasteiger partial charge in [0.1, 0.15) is 0 Å². The van der Waals surface area contributed by atoms with Gasteiger partial charge in [-0.05, 0) is 25.3 Å². The van der Waals surface area contributed by atoms with Gasteiger partial charge in [0.15, 0.2) is 0 Å². The van der Waals surface area contributed by atoms with Crippen LogP contribution in [0.1, 0.15) is 25.3 Å². The lowest BCUT2D eigenvalue weighted by atomic mass is 9.94. The van der Waals surface area contributed by atoms with Crippen LogP contribution in [-0.2, 0) is 11.3 Å². The van der Waals surface area contributed by atoms with Crippen molar-refractivity contribution in [1.29, 1.82) is 0 Å². The summed E-state index contributed by atoms with van der Waals surface area (Å²) in [5.41, 5.74) is 1.37. The second-order valence-electron chi connectivity index (χ2n) is 6.79. The fourth-order valence-corrected chi connectivity index (χ4v) is 3.53. The normalized spacial score (nSPS) is 25.3. The second-order valence-corrected chi connectivity index (χ2v) is 6.79. The van der Waals surface area contributed by atoms with Crippen molar-refractivity contribution in [2.75, 3.05) is 26.7 Å². The number of rotatable bonds is 4. The molecule has 0 bridgehead atoms. The summed E-state index contributed by atoms with van der Waals surface area (Å²) in [7, 11) is 1.99. The molecule has 128 valence electrons. The smallest absolute Gasteiger partial charge is 0.228 e. The van der Waals surface area contributed by atoms with Crippen LogP contribution >= 0.6 is 12.4 Å². The summed E-state index contributed by atoms with van der Waals surface area (Å²) >= 11 is 0. The number of hydrogen-bond donors (Lipinski definition) is 1. The lowest BCUT2D eigenvalue weighted by Crippen LogP contribution is -2.55. The van der Waals surface area contributed by atoms with E-state index >= 15 is 0 Å². The Labute approximate surface area is 145 Å². The monoisotopic (exact) mass is 337 g/mol. The van der Waals surface area contributed by atoms with Crippen molar-refractivity contribution in [3.8, 4) is 0 Å². The molecule has 1 N–H and O–H groups in total. The number of likely N-dealkylation sites (tertiary alicyclic amines) is 1. The van der Waals surface area contributed by atoms with Gasteiger partial charge in [-0.2, -0.15) is 0 Å². The highest BCUT2D eigenvalue weighted by Gasteiger charge is 2.34. The van der Waals surface area contributed by atoms with Crippen molar-refractivity contribution in [3.05, 3.63) is 35.9 Å². The molecule has 0 aromatic heterocycles. The minimum atomic E-state index is 0. The van der Waals surface area contributed by atoms with Crippen LogP contribution in [0.5, 0.6) is 0 Å². The fraction of sp³-hybridized carbons (Fsp3) is 0.611. The van der Waals surface area contributed by atoms with E-state index in [1.165, 1.54) is 5.56 Å². The molecule has 1 aromatic rings. The molecule has 0 aliphatic carbocycles. The van der Waals surface area contributed by atoms with E-state index in [0.717, 1.165) is 39.0 Å². The van der Waals surface area contributed by atoms with Gasteiger partial charge in [0.2, 0.25) is 5.91 Å². The molecule has 4 nitrogen and oxygen atoms in total. The molecule has 2 unspecified atom stereocenters. The highest BCUT2D eigenvalue weighted by Crippen LogP contribution is 2.24. The van der Waals surface area contributed by atoms with Crippen LogP contribution in [0.15, 0.2) is 30.3 Å². The molecule has 2 aliphatic heterocycles. The summed E-state index contributed by atoms with van der Waals surface area (Å²) in [4.78, 5) is 16.9. The maximum absolute atomic E-state index is 12.4. The molecule has 0 saturated carbocycles. The van der Waals surface area contributed by atoms with Crippen LogP contribution in [-0.4, -0.2) is 54.5 Å².